The van der Waals surface area contributed by atoms with Gasteiger partial charge in [-0.3, -0.25) is 9.59 Å². The smallest absolute Gasteiger partial charge is 0.253 e. The van der Waals surface area contributed by atoms with Crippen LogP contribution in [0.1, 0.15) is 35.7 Å². The lowest BCUT2D eigenvalue weighted by Gasteiger charge is -2.15. The minimum absolute atomic E-state index is 0.106. The van der Waals surface area contributed by atoms with Crippen LogP contribution in [-0.2, 0) is 10.5 Å². The molecule has 1 aliphatic heterocycles. The van der Waals surface area contributed by atoms with Crippen molar-refractivity contribution in [1.82, 2.24) is 25.1 Å². The Morgan fingerprint density at radius 3 is 2.60 bits per heavy atom. The van der Waals surface area contributed by atoms with Crippen molar-refractivity contribution in [1.29, 1.82) is 0 Å². The number of anilines is 1. The lowest BCUT2D eigenvalue weighted by Crippen LogP contribution is -2.27. The molecule has 0 aliphatic carbocycles. The van der Waals surface area contributed by atoms with E-state index in [0.717, 1.165) is 42.7 Å². The fraction of sp³-hybridized carbons (Fsp3) is 0.286. The number of rotatable bonds is 6. The predicted molar refractivity (Wildman–Crippen MR) is 115 cm³/mol. The SMILES string of the molecule is CC(=O)Nc1cccc(-n2nnnc2SCc2ccc(C(=O)N3CCCC3)cc2)c1. The van der Waals surface area contributed by atoms with E-state index in [-0.39, 0.29) is 11.8 Å². The van der Waals surface area contributed by atoms with Crippen molar-refractivity contribution in [3.63, 3.8) is 0 Å². The van der Waals surface area contributed by atoms with Gasteiger partial charge in [-0.05, 0) is 59.2 Å². The molecule has 0 atom stereocenters. The number of hydrogen-bond acceptors (Lipinski definition) is 6. The Labute approximate surface area is 178 Å². The first kappa shape index (κ1) is 20.1. The molecule has 2 heterocycles. The molecule has 0 saturated carbocycles. The van der Waals surface area contributed by atoms with Crippen LogP contribution in [0.15, 0.2) is 53.7 Å². The average molecular weight is 423 g/mol. The molecule has 2 amide bonds. The van der Waals surface area contributed by atoms with Gasteiger partial charge < -0.3 is 10.2 Å². The van der Waals surface area contributed by atoms with E-state index in [1.54, 1.807) is 4.68 Å². The summed E-state index contributed by atoms with van der Waals surface area (Å²) < 4.78 is 1.64. The molecule has 1 N–H and O–H groups in total. The molecular formula is C21H22N6O2S. The first-order valence-electron chi connectivity index (χ1n) is 9.77. The monoisotopic (exact) mass is 422 g/mol. The summed E-state index contributed by atoms with van der Waals surface area (Å²) in [6.45, 7) is 3.17. The third-order valence-corrected chi connectivity index (χ3v) is 5.80. The van der Waals surface area contributed by atoms with Crippen molar-refractivity contribution in [2.75, 3.05) is 18.4 Å². The van der Waals surface area contributed by atoms with E-state index in [1.807, 2.05) is 53.4 Å². The molecule has 0 unspecified atom stereocenters. The average Bonchev–Trinajstić information content (AvgIpc) is 3.44. The summed E-state index contributed by atoms with van der Waals surface area (Å²) >= 11 is 1.51. The second-order valence-corrected chi connectivity index (χ2v) is 8.03. The van der Waals surface area contributed by atoms with E-state index in [2.05, 4.69) is 20.8 Å². The van der Waals surface area contributed by atoms with E-state index < -0.39 is 0 Å². The van der Waals surface area contributed by atoms with Crippen molar-refractivity contribution in [2.24, 2.45) is 0 Å². The van der Waals surface area contributed by atoms with E-state index >= 15 is 0 Å². The van der Waals surface area contributed by atoms with E-state index in [0.29, 0.717) is 16.6 Å². The Morgan fingerprint density at radius 2 is 1.87 bits per heavy atom. The number of amides is 2. The molecule has 30 heavy (non-hydrogen) atoms. The summed E-state index contributed by atoms with van der Waals surface area (Å²) in [7, 11) is 0. The molecule has 3 aromatic rings. The fourth-order valence-corrected chi connectivity index (χ4v) is 4.19. The molecule has 8 nitrogen and oxygen atoms in total. The van der Waals surface area contributed by atoms with Gasteiger partial charge in [0.15, 0.2) is 0 Å². The highest BCUT2D eigenvalue weighted by Gasteiger charge is 2.19. The molecule has 1 aromatic heterocycles. The molecular weight excluding hydrogens is 400 g/mol. The number of tetrazole rings is 1. The minimum atomic E-state index is -0.134. The predicted octanol–water partition coefficient (Wildman–Crippen LogP) is 3.15. The maximum Gasteiger partial charge on any atom is 0.253 e. The van der Waals surface area contributed by atoms with Gasteiger partial charge in [0.2, 0.25) is 11.1 Å². The molecule has 1 saturated heterocycles. The molecule has 154 valence electrons. The van der Waals surface area contributed by atoms with Crippen LogP contribution in [-0.4, -0.2) is 50.0 Å². The lowest BCUT2D eigenvalue weighted by atomic mass is 10.1. The first-order chi connectivity index (χ1) is 14.6. The topological polar surface area (TPSA) is 93.0 Å². The molecule has 0 bridgehead atoms. The van der Waals surface area contributed by atoms with Gasteiger partial charge in [0.25, 0.3) is 5.91 Å². The standard InChI is InChI=1S/C21H22N6O2S/c1-15(28)22-18-5-4-6-19(13-18)27-21(23-24-25-27)30-14-16-7-9-17(10-8-16)20(29)26-11-2-3-12-26/h4-10,13H,2-3,11-12,14H2,1H3,(H,22,28). The van der Waals surface area contributed by atoms with Crippen LogP contribution in [0.3, 0.4) is 0 Å². The van der Waals surface area contributed by atoms with Crippen molar-refractivity contribution >= 4 is 29.3 Å². The van der Waals surface area contributed by atoms with Gasteiger partial charge in [-0.2, -0.15) is 4.68 Å². The summed E-state index contributed by atoms with van der Waals surface area (Å²) in [6.07, 6.45) is 2.17. The second-order valence-electron chi connectivity index (χ2n) is 7.09. The molecule has 0 radical (unpaired) electrons. The highest BCUT2D eigenvalue weighted by molar-refractivity contribution is 7.98. The minimum Gasteiger partial charge on any atom is -0.339 e. The largest absolute Gasteiger partial charge is 0.339 e. The maximum absolute atomic E-state index is 12.5. The van der Waals surface area contributed by atoms with Gasteiger partial charge in [0.05, 0.1) is 5.69 Å². The van der Waals surface area contributed by atoms with Gasteiger partial charge in [0.1, 0.15) is 0 Å². The summed E-state index contributed by atoms with van der Waals surface area (Å²) in [5.41, 5.74) is 3.26. The molecule has 9 heteroatoms. The molecule has 4 rings (SSSR count). The van der Waals surface area contributed by atoms with Crippen molar-refractivity contribution in [3.05, 3.63) is 59.7 Å². The van der Waals surface area contributed by atoms with Gasteiger partial charge >= 0.3 is 0 Å². The Morgan fingerprint density at radius 1 is 1.10 bits per heavy atom. The first-order valence-corrected chi connectivity index (χ1v) is 10.8. The number of aromatic nitrogens is 4. The summed E-state index contributed by atoms with van der Waals surface area (Å²) in [4.78, 5) is 25.7. The third kappa shape index (κ3) is 4.68. The van der Waals surface area contributed by atoms with Crippen molar-refractivity contribution < 1.29 is 9.59 Å². The highest BCUT2D eigenvalue weighted by Crippen LogP contribution is 2.24. The van der Waals surface area contributed by atoms with E-state index in [1.165, 1.54) is 18.7 Å². The van der Waals surface area contributed by atoms with Crippen LogP contribution in [0, 0.1) is 0 Å². The van der Waals surface area contributed by atoms with Crippen molar-refractivity contribution in [3.8, 4) is 5.69 Å². The van der Waals surface area contributed by atoms with E-state index in [4.69, 9.17) is 0 Å². The zero-order chi connectivity index (χ0) is 20.9. The fourth-order valence-electron chi connectivity index (χ4n) is 3.34. The van der Waals surface area contributed by atoms with E-state index in [9.17, 15) is 9.59 Å². The van der Waals surface area contributed by atoms with Gasteiger partial charge in [0, 0.05) is 37.0 Å². The van der Waals surface area contributed by atoms with Crippen LogP contribution < -0.4 is 5.32 Å². The number of carbonyl (C=O) groups excluding carboxylic acids is 2. The van der Waals surface area contributed by atoms with Crippen LogP contribution in [0.25, 0.3) is 5.69 Å². The van der Waals surface area contributed by atoms with Gasteiger partial charge in [-0.1, -0.05) is 30.0 Å². The second kappa shape index (κ2) is 9.08. The number of nitrogens with one attached hydrogen (secondary N) is 1. The number of thioether (sulfide) groups is 1. The van der Waals surface area contributed by atoms with Crippen LogP contribution in [0.4, 0.5) is 5.69 Å². The summed E-state index contributed by atoms with van der Waals surface area (Å²) in [5, 5.41) is 15.4. The van der Waals surface area contributed by atoms with Crippen molar-refractivity contribution in [2.45, 2.75) is 30.7 Å². The number of benzene rings is 2. The lowest BCUT2D eigenvalue weighted by molar-refractivity contribution is -0.114. The van der Waals surface area contributed by atoms with Crippen LogP contribution in [0.2, 0.25) is 0 Å². The Hall–Kier alpha value is -3.20. The Balaban J connectivity index is 1.42. The number of carbonyl (C=O) groups is 2. The Bertz CT molecular complexity index is 1040. The zero-order valence-electron chi connectivity index (χ0n) is 16.6. The normalized spacial score (nSPS) is 13.4. The maximum atomic E-state index is 12.5. The quantitative estimate of drug-likeness (QED) is 0.614. The molecule has 1 fully saturated rings. The van der Waals surface area contributed by atoms with Crippen LogP contribution >= 0.6 is 11.8 Å². The summed E-state index contributed by atoms with van der Waals surface area (Å²) in [6, 6.07) is 15.1. The number of hydrogen-bond donors (Lipinski definition) is 1. The highest BCUT2D eigenvalue weighted by atomic mass is 32.2. The Kier molecular flexibility index (Phi) is 6.08. The van der Waals surface area contributed by atoms with Crippen LogP contribution in [0.5, 0.6) is 0 Å². The summed E-state index contributed by atoms with van der Waals surface area (Å²) in [5.74, 6) is 0.643. The number of likely N-dealkylation sites (tertiary alicyclic amines) is 1. The molecule has 1 aliphatic rings. The zero-order valence-corrected chi connectivity index (χ0v) is 17.4. The molecule has 2 aromatic carbocycles. The van der Waals surface area contributed by atoms with Gasteiger partial charge in [-0.15, -0.1) is 5.10 Å². The van der Waals surface area contributed by atoms with Gasteiger partial charge in [-0.25, -0.2) is 0 Å². The molecule has 0 spiro atoms. The third-order valence-electron chi connectivity index (χ3n) is 4.81. The number of nitrogens with zero attached hydrogens (tertiary/aromatic N) is 5.